The van der Waals surface area contributed by atoms with Crippen molar-refractivity contribution in [2.45, 2.75) is 5.75 Å². The lowest BCUT2D eigenvalue weighted by Gasteiger charge is -2.21. The molecule has 1 N–H and O–H groups in total. The average Bonchev–Trinajstić information content (AvgIpc) is 2.60. The maximum absolute atomic E-state index is 13.7. The van der Waals surface area contributed by atoms with Crippen molar-refractivity contribution in [2.75, 3.05) is 29.4 Å². The quantitative estimate of drug-likeness (QED) is 0.597. The molecule has 0 radical (unpaired) electrons. The number of nitrogens with zero attached hydrogens (tertiary/aromatic N) is 1. The van der Waals surface area contributed by atoms with Crippen molar-refractivity contribution < 1.29 is 22.0 Å². The molecular formula is C18H19ClF2N2O3S2. The average molecular weight is 449 g/mol. The van der Waals surface area contributed by atoms with Crippen LogP contribution in [0, 0.1) is 11.6 Å². The number of benzene rings is 2. The molecule has 0 fully saturated rings. The van der Waals surface area contributed by atoms with E-state index >= 15 is 0 Å². The summed E-state index contributed by atoms with van der Waals surface area (Å²) in [7, 11) is -3.77. The minimum atomic E-state index is -3.77. The van der Waals surface area contributed by atoms with Gasteiger partial charge in [0, 0.05) is 28.6 Å². The van der Waals surface area contributed by atoms with Gasteiger partial charge < -0.3 is 5.32 Å². The van der Waals surface area contributed by atoms with Gasteiger partial charge >= 0.3 is 0 Å². The number of halogens is 3. The first-order valence-electron chi connectivity index (χ1n) is 8.19. The molecule has 0 spiro atoms. The van der Waals surface area contributed by atoms with Crippen LogP contribution in [0.25, 0.3) is 0 Å². The molecule has 2 aromatic carbocycles. The number of rotatable bonds is 9. The fraction of sp³-hybridized carbons (Fsp3) is 0.278. The van der Waals surface area contributed by atoms with Gasteiger partial charge in [0.15, 0.2) is 0 Å². The summed E-state index contributed by atoms with van der Waals surface area (Å²) < 4.78 is 51.8. The summed E-state index contributed by atoms with van der Waals surface area (Å²) >= 11 is 7.33. The van der Waals surface area contributed by atoms with Crippen molar-refractivity contribution in [3.63, 3.8) is 0 Å². The minimum absolute atomic E-state index is 0.0706. The summed E-state index contributed by atoms with van der Waals surface area (Å²) in [6.07, 6.45) is 0.944. The number of thioether (sulfide) groups is 1. The third-order valence-electron chi connectivity index (χ3n) is 3.66. The number of hydrogen-bond acceptors (Lipinski definition) is 4. The Morgan fingerprint density at radius 1 is 1.21 bits per heavy atom. The Morgan fingerprint density at radius 2 is 1.93 bits per heavy atom. The van der Waals surface area contributed by atoms with Crippen LogP contribution in [0.1, 0.15) is 5.56 Å². The Hall–Kier alpha value is -1.84. The lowest BCUT2D eigenvalue weighted by Crippen LogP contribution is -2.41. The molecule has 2 aromatic rings. The monoisotopic (exact) mass is 448 g/mol. The molecule has 0 saturated heterocycles. The van der Waals surface area contributed by atoms with E-state index in [1.54, 1.807) is 6.07 Å². The fourth-order valence-electron chi connectivity index (χ4n) is 2.32. The maximum Gasteiger partial charge on any atom is 0.240 e. The highest BCUT2D eigenvalue weighted by molar-refractivity contribution is 7.98. The molecule has 1 amide bonds. The van der Waals surface area contributed by atoms with Gasteiger partial charge in [-0.05, 0) is 30.3 Å². The lowest BCUT2D eigenvalue weighted by atomic mass is 10.2. The van der Waals surface area contributed by atoms with Crippen molar-refractivity contribution in [1.29, 1.82) is 0 Å². The Labute approximate surface area is 172 Å². The predicted octanol–water partition coefficient (Wildman–Crippen LogP) is 3.43. The lowest BCUT2D eigenvalue weighted by molar-refractivity contribution is -0.119. The SMILES string of the molecule is CS(=O)(=O)N(CC(=O)NCCSCc1c(F)cccc1Cl)c1cccc(F)c1. The third-order valence-corrected chi connectivity index (χ3v) is 6.14. The standard InChI is InChI=1S/C18H19ClF2N2O3S2/c1-28(25,26)23(14-5-2-4-13(20)10-14)11-18(24)22-8-9-27-12-15-16(19)6-3-7-17(15)21/h2-7,10H,8-9,11-12H2,1H3,(H,22,24). The van der Waals surface area contributed by atoms with Gasteiger partial charge in [-0.1, -0.05) is 23.7 Å². The number of nitrogens with one attached hydrogen (secondary N) is 1. The predicted molar refractivity (Wildman–Crippen MR) is 109 cm³/mol. The van der Waals surface area contributed by atoms with Crippen LogP contribution in [-0.4, -0.2) is 39.4 Å². The van der Waals surface area contributed by atoms with Gasteiger partial charge in [0.2, 0.25) is 15.9 Å². The molecule has 0 aromatic heterocycles. The van der Waals surface area contributed by atoms with Gasteiger partial charge in [-0.3, -0.25) is 9.10 Å². The Kier molecular flexibility index (Phi) is 8.09. The van der Waals surface area contributed by atoms with E-state index in [-0.39, 0.29) is 18.0 Å². The van der Waals surface area contributed by atoms with Crippen LogP contribution in [0.2, 0.25) is 5.02 Å². The zero-order chi connectivity index (χ0) is 20.7. The summed E-state index contributed by atoms with van der Waals surface area (Å²) in [6.45, 7) is -0.206. The normalized spacial score (nSPS) is 11.3. The molecule has 2 rings (SSSR count). The smallest absolute Gasteiger partial charge is 0.240 e. The van der Waals surface area contributed by atoms with Crippen LogP contribution in [-0.2, 0) is 20.6 Å². The number of amides is 1. The molecule has 152 valence electrons. The van der Waals surface area contributed by atoms with Crippen LogP contribution in [0.15, 0.2) is 42.5 Å². The summed E-state index contributed by atoms with van der Waals surface area (Å²) in [4.78, 5) is 12.1. The zero-order valence-corrected chi connectivity index (χ0v) is 17.4. The topological polar surface area (TPSA) is 66.5 Å². The summed E-state index contributed by atoms with van der Waals surface area (Å²) in [5.74, 6) is -0.688. The van der Waals surface area contributed by atoms with E-state index in [4.69, 9.17) is 11.6 Å². The van der Waals surface area contributed by atoms with Gasteiger partial charge in [0.25, 0.3) is 0 Å². The third kappa shape index (κ3) is 6.65. The number of carbonyl (C=O) groups excluding carboxylic acids is 1. The Morgan fingerprint density at radius 3 is 2.57 bits per heavy atom. The first kappa shape index (κ1) is 22.4. The molecule has 5 nitrogen and oxygen atoms in total. The van der Waals surface area contributed by atoms with Gasteiger partial charge in [-0.15, -0.1) is 0 Å². The van der Waals surface area contributed by atoms with Gasteiger partial charge in [0.05, 0.1) is 11.9 Å². The largest absolute Gasteiger partial charge is 0.354 e. The minimum Gasteiger partial charge on any atom is -0.354 e. The first-order chi connectivity index (χ1) is 13.2. The molecule has 0 atom stereocenters. The number of carbonyl (C=O) groups is 1. The highest BCUT2D eigenvalue weighted by Crippen LogP contribution is 2.23. The van der Waals surface area contributed by atoms with E-state index < -0.39 is 28.3 Å². The highest BCUT2D eigenvalue weighted by atomic mass is 35.5. The van der Waals surface area contributed by atoms with Gasteiger partial charge in [-0.25, -0.2) is 17.2 Å². The Bertz CT molecular complexity index is 922. The Balaban J connectivity index is 1.85. The second-order valence-electron chi connectivity index (χ2n) is 5.85. The van der Waals surface area contributed by atoms with E-state index in [0.29, 0.717) is 22.1 Å². The van der Waals surface area contributed by atoms with Crippen molar-refractivity contribution >= 4 is 45.0 Å². The maximum atomic E-state index is 13.7. The van der Waals surface area contributed by atoms with E-state index in [2.05, 4.69) is 5.32 Å². The molecule has 0 aliphatic rings. The van der Waals surface area contributed by atoms with E-state index in [9.17, 15) is 22.0 Å². The summed E-state index contributed by atoms with van der Waals surface area (Å²) in [5, 5.41) is 2.94. The van der Waals surface area contributed by atoms with E-state index in [1.165, 1.54) is 42.1 Å². The molecule has 10 heteroatoms. The molecule has 28 heavy (non-hydrogen) atoms. The van der Waals surface area contributed by atoms with E-state index in [0.717, 1.165) is 16.6 Å². The van der Waals surface area contributed by atoms with Crippen LogP contribution in [0.5, 0.6) is 0 Å². The van der Waals surface area contributed by atoms with Crippen LogP contribution in [0.4, 0.5) is 14.5 Å². The molecule has 0 bridgehead atoms. The molecular weight excluding hydrogens is 430 g/mol. The zero-order valence-electron chi connectivity index (χ0n) is 15.0. The second-order valence-corrected chi connectivity index (χ2v) is 9.27. The number of hydrogen-bond donors (Lipinski definition) is 1. The van der Waals surface area contributed by atoms with Crippen LogP contribution >= 0.6 is 23.4 Å². The van der Waals surface area contributed by atoms with Gasteiger partial charge in [0.1, 0.15) is 18.2 Å². The van der Waals surface area contributed by atoms with Crippen LogP contribution < -0.4 is 9.62 Å². The van der Waals surface area contributed by atoms with E-state index in [1.807, 2.05) is 0 Å². The summed E-state index contributed by atoms with van der Waals surface area (Å²) in [6, 6.07) is 9.46. The molecule has 0 aliphatic heterocycles. The molecule has 0 saturated carbocycles. The fourth-order valence-corrected chi connectivity index (χ4v) is 4.37. The van der Waals surface area contributed by atoms with Crippen molar-refractivity contribution in [3.8, 4) is 0 Å². The molecule has 0 unspecified atom stereocenters. The van der Waals surface area contributed by atoms with Crippen LogP contribution in [0.3, 0.4) is 0 Å². The first-order valence-corrected chi connectivity index (χ1v) is 11.6. The molecule has 0 aliphatic carbocycles. The molecule has 0 heterocycles. The number of anilines is 1. The van der Waals surface area contributed by atoms with Gasteiger partial charge in [-0.2, -0.15) is 11.8 Å². The van der Waals surface area contributed by atoms with Crippen molar-refractivity contribution in [1.82, 2.24) is 5.32 Å². The van der Waals surface area contributed by atoms with Crippen molar-refractivity contribution in [3.05, 3.63) is 64.7 Å². The summed E-state index contributed by atoms with van der Waals surface area (Å²) in [5.41, 5.74) is 0.469. The highest BCUT2D eigenvalue weighted by Gasteiger charge is 2.21. The van der Waals surface area contributed by atoms with Crippen molar-refractivity contribution in [2.24, 2.45) is 0 Å². The second kappa shape index (κ2) is 10.1. The number of sulfonamides is 1.